The third-order valence-corrected chi connectivity index (χ3v) is 4.68. The summed E-state index contributed by atoms with van der Waals surface area (Å²) in [5.41, 5.74) is 1.94. The highest BCUT2D eigenvalue weighted by atomic mass is 35.5. The Hall–Kier alpha value is -1.45. The van der Waals surface area contributed by atoms with Crippen molar-refractivity contribution in [3.63, 3.8) is 0 Å². The summed E-state index contributed by atoms with van der Waals surface area (Å²) in [5, 5.41) is 3.75. The molecule has 0 spiro atoms. The van der Waals surface area contributed by atoms with Crippen LogP contribution in [0.2, 0.25) is 5.02 Å². The molecule has 21 heavy (non-hydrogen) atoms. The predicted molar refractivity (Wildman–Crippen MR) is 87.9 cm³/mol. The van der Waals surface area contributed by atoms with Gasteiger partial charge in [-0.3, -0.25) is 4.79 Å². The fraction of sp³-hybridized carbons (Fsp3) is 0.235. The molecule has 1 aliphatic rings. The Labute approximate surface area is 133 Å². The number of amides is 1. The molecule has 1 amide bonds. The van der Waals surface area contributed by atoms with Crippen LogP contribution in [0.4, 0.5) is 0 Å². The lowest BCUT2D eigenvalue weighted by atomic mass is 10.1. The maximum Gasteiger partial charge on any atom is 0.251 e. The summed E-state index contributed by atoms with van der Waals surface area (Å²) >= 11 is 7.63. The zero-order chi connectivity index (χ0) is 14.7. The lowest BCUT2D eigenvalue weighted by Crippen LogP contribution is -2.25. The highest BCUT2D eigenvalue weighted by Gasteiger charge is 2.23. The molecule has 2 nitrogen and oxygen atoms in total. The Morgan fingerprint density at radius 3 is 2.38 bits per heavy atom. The quantitative estimate of drug-likeness (QED) is 0.821. The van der Waals surface area contributed by atoms with Crippen molar-refractivity contribution >= 4 is 29.3 Å². The summed E-state index contributed by atoms with van der Waals surface area (Å²) in [5.74, 6) is 0.918. The van der Waals surface area contributed by atoms with Crippen LogP contribution >= 0.6 is 23.4 Å². The predicted octanol–water partition coefficient (Wildman–Crippen LogP) is 4.52. The molecule has 0 atom stereocenters. The second-order valence-corrected chi connectivity index (χ2v) is 6.67. The first kappa shape index (κ1) is 14.5. The number of hydrogen-bond acceptors (Lipinski definition) is 2. The number of carbonyl (C=O) groups is 1. The van der Waals surface area contributed by atoms with Crippen LogP contribution in [0.3, 0.4) is 0 Å². The minimum absolute atomic E-state index is 0.0365. The number of hydrogen-bond donors (Lipinski definition) is 1. The van der Waals surface area contributed by atoms with E-state index in [1.165, 1.54) is 10.5 Å². The van der Waals surface area contributed by atoms with E-state index in [1.807, 2.05) is 48.5 Å². The lowest BCUT2D eigenvalue weighted by molar-refractivity contribution is 0.0951. The molecule has 1 fully saturated rings. The summed E-state index contributed by atoms with van der Waals surface area (Å²) in [7, 11) is 0. The van der Waals surface area contributed by atoms with Crippen LogP contribution in [0.25, 0.3) is 0 Å². The Balaban J connectivity index is 1.56. The fourth-order valence-electron chi connectivity index (χ4n) is 1.95. The highest BCUT2D eigenvalue weighted by Crippen LogP contribution is 2.24. The van der Waals surface area contributed by atoms with Crippen LogP contribution in [0.5, 0.6) is 0 Å². The first-order valence-corrected chi connectivity index (χ1v) is 8.35. The molecule has 1 saturated carbocycles. The lowest BCUT2D eigenvalue weighted by Gasteiger charge is -2.05. The summed E-state index contributed by atoms with van der Waals surface area (Å²) in [4.78, 5) is 13.1. The van der Waals surface area contributed by atoms with Crippen LogP contribution in [-0.2, 0) is 5.75 Å². The van der Waals surface area contributed by atoms with Crippen molar-refractivity contribution in [3.8, 4) is 0 Å². The molecule has 0 aliphatic heterocycles. The van der Waals surface area contributed by atoms with Gasteiger partial charge in [-0.1, -0.05) is 23.7 Å². The van der Waals surface area contributed by atoms with E-state index in [2.05, 4.69) is 5.32 Å². The molecule has 1 N–H and O–H groups in total. The van der Waals surface area contributed by atoms with Gasteiger partial charge in [0.2, 0.25) is 0 Å². The Morgan fingerprint density at radius 2 is 1.76 bits per heavy atom. The topological polar surface area (TPSA) is 29.1 Å². The first-order valence-electron chi connectivity index (χ1n) is 6.99. The molecular weight excluding hydrogens is 302 g/mol. The van der Waals surface area contributed by atoms with E-state index in [4.69, 9.17) is 11.6 Å². The molecule has 3 rings (SSSR count). The fourth-order valence-corrected chi connectivity index (χ4v) is 2.93. The van der Waals surface area contributed by atoms with Gasteiger partial charge >= 0.3 is 0 Å². The number of thioether (sulfide) groups is 1. The molecule has 0 saturated heterocycles. The number of benzene rings is 2. The molecule has 4 heteroatoms. The average molecular weight is 318 g/mol. The second kappa shape index (κ2) is 6.54. The molecule has 1 aliphatic carbocycles. The molecule has 0 bridgehead atoms. The number of nitrogens with one attached hydrogen (secondary N) is 1. The van der Waals surface area contributed by atoms with E-state index in [0.717, 1.165) is 29.2 Å². The Kier molecular flexibility index (Phi) is 4.51. The molecule has 2 aromatic carbocycles. The van der Waals surface area contributed by atoms with E-state index >= 15 is 0 Å². The van der Waals surface area contributed by atoms with Crippen LogP contribution in [0, 0.1) is 0 Å². The Morgan fingerprint density at radius 1 is 1.10 bits per heavy atom. The molecule has 0 heterocycles. The van der Waals surface area contributed by atoms with Gasteiger partial charge in [-0.15, -0.1) is 11.8 Å². The van der Waals surface area contributed by atoms with Crippen molar-refractivity contribution in [1.82, 2.24) is 5.32 Å². The van der Waals surface area contributed by atoms with Crippen LogP contribution in [-0.4, -0.2) is 11.9 Å². The van der Waals surface area contributed by atoms with E-state index in [1.54, 1.807) is 11.8 Å². The van der Waals surface area contributed by atoms with Crippen LogP contribution in [0.1, 0.15) is 28.8 Å². The van der Waals surface area contributed by atoms with Gasteiger partial charge in [0, 0.05) is 27.3 Å². The zero-order valence-corrected chi connectivity index (χ0v) is 13.1. The van der Waals surface area contributed by atoms with Gasteiger partial charge in [0.1, 0.15) is 0 Å². The van der Waals surface area contributed by atoms with Gasteiger partial charge in [0.05, 0.1) is 0 Å². The maximum atomic E-state index is 11.9. The van der Waals surface area contributed by atoms with Gasteiger partial charge in [0.15, 0.2) is 0 Å². The number of halogens is 1. The summed E-state index contributed by atoms with van der Waals surface area (Å²) in [6.07, 6.45) is 2.23. The first-order chi connectivity index (χ1) is 10.2. The van der Waals surface area contributed by atoms with Gasteiger partial charge < -0.3 is 5.32 Å². The van der Waals surface area contributed by atoms with Crippen LogP contribution in [0.15, 0.2) is 53.4 Å². The molecule has 0 aromatic heterocycles. The molecule has 2 aromatic rings. The van der Waals surface area contributed by atoms with E-state index in [9.17, 15) is 4.79 Å². The third-order valence-electron chi connectivity index (χ3n) is 3.35. The molecule has 108 valence electrons. The number of rotatable bonds is 5. The van der Waals surface area contributed by atoms with Gasteiger partial charge in [-0.2, -0.15) is 0 Å². The maximum absolute atomic E-state index is 11.9. The molecule has 0 radical (unpaired) electrons. The zero-order valence-electron chi connectivity index (χ0n) is 11.5. The normalized spacial score (nSPS) is 14.0. The monoisotopic (exact) mass is 317 g/mol. The largest absolute Gasteiger partial charge is 0.349 e. The van der Waals surface area contributed by atoms with Crippen molar-refractivity contribution in [2.24, 2.45) is 0 Å². The van der Waals surface area contributed by atoms with Gasteiger partial charge in [0.25, 0.3) is 5.91 Å². The second-order valence-electron chi connectivity index (χ2n) is 5.19. The smallest absolute Gasteiger partial charge is 0.251 e. The Bertz CT molecular complexity index is 620. The van der Waals surface area contributed by atoms with E-state index < -0.39 is 0 Å². The van der Waals surface area contributed by atoms with E-state index in [-0.39, 0.29) is 5.91 Å². The number of carbonyl (C=O) groups excluding carboxylic acids is 1. The third kappa shape index (κ3) is 4.26. The minimum Gasteiger partial charge on any atom is -0.349 e. The van der Waals surface area contributed by atoms with Crippen LogP contribution < -0.4 is 5.32 Å². The van der Waals surface area contributed by atoms with Gasteiger partial charge in [-0.25, -0.2) is 0 Å². The highest BCUT2D eigenvalue weighted by molar-refractivity contribution is 7.98. The summed E-state index contributed by atoms with van der Waals surface area (Å²) < 4.78 is 0. The average Bonchev–Trinajstić information content (AvgIpc) is 3.31. The van der Waals surface area contributed by atoms with Crippen molar-refractivity contribution < 1.29 is 4.79 Å². The molecule has 0 unspecified atom stereocenters. The molecular formula is C17H16ClNOS. The van der Waals surface area contributed by atoms with Crippen molar-refractivity contribution in [3.05, 3.63) is 64.7 Å². The van der Waals surface area contributed by atoms with Crippen molar-refractivity contribution in [2.45, 2.75) is 29.5 Å². The van der Waals surface area contributed by atoms with Crippen molar-refractivity contribution in [2.75, 3.05) is 0 Å². The minimum atomic E-state index is 0.0365. The SMILES string of the molecule is O=C(NC1CC1)c1ccc(CSc2ccc(Cl)cc2)cc1. The summed E-state index contributed by atoms with van der Waals surface area (Å²) in [6.45, 7) is 0. The summed E-state index contributed by atoms with van der Waals surface area (Å²) in [6, 6.07) is 16.1. The van der Waals surface area contributed by atoms with E-state index in [0.29, 0.717) is 6.04 Å². The standard InChI is InChI=1S/C17H16ClNOS/c18-14-5-9-16(10-6-14)21-11-12-1-3-13(4-2-12)17(20)19-15-7-8-15/h1-6,9-10,15H,7-8,11H2,(H,19,20). The van der Waals surface area contributed by atoms with Crippen molar-refractivity contribution in [1.29, 1.82) is 0 Å². The van der Waals surface area contributed by atoms with Gasteiger partial charge in [-0.05, 0) is 54.8 Å².